The quantitative estimate of drug-likeness (QED) is 0.628. The highest BCUT2D eigenvalue weighted by atomic mass is 32.2. The van der Waals surface area contributed by atoms with Crippen LogP contribution in [0.2, 0.25) is 0 Å². The van der Waals surface area contributed by atoms with Crippen molar-refractivity contribution in [1.82, 2.24) is 5.32 Å². The number of hydrogen-bond donors (Lipinski definition) is 1. The van der Waals surface area contributed by atoms with Gasteiger partial charge in [-0.3, -0.25) is 15.1 Å². The highest BCUT2D eigenvalue weighted by Gasteiger charge is 2.31. The maximum atomic E-state index is 12.8. The average Bonchev–Trinajstić information content (AvgIpc) is 2.99. The first kappa shape index (κ1) is 23.1. The van der Waals surface area contributed by atoms with Crippen molar-refractivity contribution >= 4 is 28.8 Å². The van der Waals surface area contributed by atoms with E-state index in [0.29, 0.717) is 22.9 Å². The molecule has 166 valence electrons. The third kappa shape index (κ3) is 6.00. The fraction of sp³-hybridized carbons (Fsp3) is 0.458. The van der Waals surface area contributed by atoms with Gasteiger partial charge < -0.3 is 9.15 Å². The first-order valence-corrected chi connectivity index (χ1v) is 11.4. The summed E-state index contributed by atoms with van der Waals surface area (Å²) in [6.45, 7) is 11.2. The lowest BCUT2D eigenvalue weighted by Gasteiger charge is -2.31. The van der Waals surface area contributed by atoms with E-state index in [4.69, 9.17) is 14.1 Å². The number of aryl methyl sites for hydroxylation is 2. The third-order valence-electron chi connectivity index (χ3n) is 5.04. The number of amidine groups is 1. The molecule has 1 aliphatic heterocycles. The second kappa shape index (κ2) is 8.91. The summed E-state index contributed by atoms with van der Waals surface area (Å²) in [5.41, 5.74) is 1.51. The summed E-state index contributed by atoms with van der Waals surface area (Å²) in [5.74, 6) is 2.24. The molecule has 0 bridgehead atoms. The molecule has 0 fully saturated rings. The number of nitrogens with one attached hydrogen (secondary N) is 1. The lowest BCUT2D eigenvalue weighted by molar-refractivity contribution is 0.0564. The molecule has 1 atom stereocenters. The van der Waals surface area contributed by atoms with E-state index < -0.39 is 17.2 Å². The van der Waals surface area contributed by atoms with Crippen LogP contribution in [0.25, 0.3) is 0 Å². The molecule has 0 unspecified atom stereocenters. The second-order valence-electron chi connectivity index (χ2n) is 9.04. The van der Waals surface area contributed by atoms with Crippen LogP contribution in [0.1, 0.15) is 67.1 Å². The molecule has 1 aliphatic rings. The summed E-state index contributed by atoms with van der Waals surface area (Å²) >= 11 is 1.50. The largest absolute Gasteiger partial charge is 0.466 e. The smallest absolute Gasteiger partial charge is 0.413 e. The molecule has 1 amide bonds. The standard InChI is InChI=1S/C24H30N2O4S/c1-15-12-19(16(2)29-15)20(27)14-17-8-7-9-18(13-17)24(6)10-11-31-21(26-24)25-22(28)30-23(3,4)5/h7-9,12-13H,10-11,14H2,1-6H3,(H,25,26,28)/t24-/m0/s1. The number of amides is 1. The van der Waals surface area contributed by atoms with Crippen molar-refractivity contribution in [3.05, 3.63) is 58.5 Å². The minimum absolute atomic E-state index is 0.0339. The van der Waals surface area contributed by atoms with Gasteiger partial charge in [-0.2, -0.15) is 0 Å². The van der Waals surface area contributed by atoms with E-state index in [-0.39, 0.29) is 5.78 Å². The lowest BCUT2D eigenvalue weighted by atomic mass is 9.88. The number of aliphatic imine (C=N–C) groups is 1. The highest BCUT2D eigenvalue weighted by molar-refractivity contribution is 8.13. The van der Waals surface area contributed by atoms with Crippen LogP contribution in [-0.2, 0) is 16.7 Å². The van der Waals surface area contributed by atoms with Gasteiger partial charge in [-0.15, -0.1) is 0 Å². The van der Waals surface area contributed by atoms with Crippen LogP contribution in [-0.4, -0.2) is 28.4 Å². The van der Waals surface area contributed by atoms with Crippen LogP contribution in [0.15, 0.2) is 39.7 Å². The van der Waals surface area contributed by atoms with Crippen molar-refractivity contribution in [1.29, 1.82) is 0 Å². The Kier molecular flexibility index (Phi) is 6.65. The minimum atomic E-state index is -0.569. The summed E-state index contributed by atoms with van der Waals surface area (Å²) in [6.07, 6.45) is 0.618. The number of carbonyl (C=O) groups excluding carboxylic acids is 2. The van der Waals surface area contributed by atoms with Crippen LogP contribution >= 0.6 is 11.8 Å². The van der Waals surface area contributed by atoms with E-state index in [9.17, 15) is 9.59 Å². The first-order chi connectivity index (χ1) is 14.4. The number of ketones is 1. The number of Topliss-reactive ketones (excluding diaryl/α,β-unsaturated/α-hetero) is 1. The number of ether oxygens (including phenoxy) is 1. The zero-order valence-corrected chi connectivity index (χ0v) is 19.8. The van der Waals surface area contributed by atoms with Crippen molar-refractivity contribution in [2.75, 3.05) is 5.75 Å². The lowest BCUT2D eigenvalue weighted by Crippen LogP contribution is -2.38. The summed E-state index contributed by atoms with van der Waals surface area (Å²) in [4.78, 5) is 29.7. The number of furan rings is 1. The van der Waals surface area contributed by atoms with Crippen LogP contribution < -0.4 is 5.32 Å². The number of nitrogens with zero attached hydrogens (tertiary/aromatic N) is 1. The van der Waals surface area contributed by atoms with Crippen LogP contribution in [0.3, 0.4) is 0 Å². The molecule has 0 aliphatic carbocycles. The molecule has 0 spiro atoms. The molecule has 1 aromatic carbocycles. The third-order valence-corrected chi connectivity index (χ3v) is 5.91. The van der Waals surface area contributed by atoms with Gasteiger partial charge >= 0.3 is 6.09 Å². The molecule has 3 rings (SSSR count). The Morgan fingerprint density at radius 1 is 1.26 bits per heavy atom. The number of alkyl carbamates (subject to hydrolysis) is 1. The molecule has 31 heavy (non-hydrogen) atoms. The molecule has 0 saturated heterocycles. The van der Waals surface area contributed by atoms with E-state index in [2.05, 4.69) is 5.32 Å². The van der Waals surface area contributed by atoms with Gasteiger partial charge in [0.05, 0.1) is 11.1 Å². The number of carbonyl (C=O) groups is 2. The number of benzene rings is 1. The van der Waals surface area contributed by atoms with Crippen LogP contribution in [0, 0.1) is 13.8 Å². The zero-order valence-electron chi connectivity index (χ0n) is 19.0. The monoisotopic (exact) mass is 442 g/mol. The number of rotatable bonds is 4. The predicted octanol–water partition coefficient (Wildman–Crippen LogP) is 5.55. The van der Waals surface area contributed by atoms with Gasteiger partial charge in [-0.1, -0.05) is 36.0 Å². The van der Waals surface area contributed by atoms with Crippen LogP contribution in [0.4, 0.5) is 4.79 Å². The van der Waals surface area contributed by atoms with Gasteiger partial charge in [0.1, 0.15) is 17.1 Å². The Balaban J connectivity index is 1.78. The number of hydrogen-bond acceptors (Lipinski definition) is 6. The van der Waals surface area contributed by atoms with Crippen LogP contribution in [0.5, 0.6) is 0 Å². The Hall–Kier alpha value is -2.54. The fourth-order valence-corrected chi connectivity index (χ4v) is 4.64. The first-order valence-electron chi connectivity index (χ1n) is 10.4. The summed E-state index contributed by atoms with van der Waals surface area (Å²) in [6, 6.07) is 9.75. The molecular formula is C24H30N2O4S. The van der Waals surface area contributed by atoms with Gasteiger partial charge in [0.15, 0.2) is 11.0 Å². The van der Waals surface area contributed by atoms with E-state index in [1.807, 2.05) is 65.8 Å². The van der Waals surface area contributed by atoms with Gasteiger partial charge in [0, 0.05) is 12.2 Å². The molecule has 2 heterocycles. The van der Waals surface area contributed by atoms with Gasteiger partial charge in [0.25, 0.3) is 0 Å². The predicted molar refractivity (Wildman–Crippen MR) is 124 cm³/mol. The summed E-state index contributed by atoms with van der Waals surface area (Å²) in [5, 5.41) is 3.31. The molecule has 1 aromatic heterocycles. The Morgan fingerprint density at radius 3 is 2.65 bits per heavy atom. The van der Waals surface area contributed by atoms with E-state index in [0.717, 1.165) is 29.1 Å². The van der Waals surface area contributed by atoms with Crippen molar-refractivity contribution in [2.45, 2.75) is 65.5 Å². The van der Waals surface area contributed by atoms with Gasteiger partial charge in [-0.25, -0.2) is 4.79 Å². The zero-order chi connectivity index (χ0) is 22.8. The van der Waals surface area contributed by atoms with E-state index >= 15 is 0 Å². The number of thioether (sulfide) groups is 1. The van der Waals surface area contributed by atoms with Crippen molar-refractivity contribution in [3.63, 3.8) is 0 Å². The maximum Gasteiger partial charge on any atom is 0.413 e. The average molecular weight is 443 g/mol. The molecule has 0 saturated carbocycles. The van der Waals surface area contributed by atoms with E-state index in [1.165, 1.54) is 11.8 Å². The Bertz CT molecular complexity index is 1020. The fourth-order valence-electron chi connectivity index (χ4n) is 3.53. The van der Waals surface area contributed by atoms with Crippen molar-refractivity contribution < 1.29 is 18.7 Å². The summed E-state index contributed by atoms with van der Waals surface area (Å²) < 4.78 is 10.8. The molecule has 6 nitrogen and oxygen atoms in total. The molecule has 1 N–H and O–H groups in total. The molecule has 7 heteroatoms. The minimum Gasteiger partial charge on any atom is -0.466 e. The molecular weight excluding hydrogens is 412 g/mol. The van der Waals surface area contributed by atoms with Gasteiger partial charge in [0.2, 0.25) is 0 Å². The normalized spacial score (nSPS) is 19.0. The molecule has 2 aromatic rings. The van der Waals surface area contributed by atoms with Gasteiger partial charge in [-0.05, 0) is 65.2 Å². The van der Waals surface area contributed by atoms with Crippen molar-refractivity contribution in [3.8, 4) is 0 Å². The highest BCUT2D eigenvalue weighted by Crippen LogP contribution is 2.36. The Morgan fingerprint density at radius 2 is 2.00 bits per heavy atom. The molecule has 0 radical (unpaired) electrons. The maximum absolute atomic E-state index is 12.8. The Labute approximate surface area is 187 Å². The van der Waals surface area contributed by atoms with E-state index in [1.54, 1.807) is 6.07 Å². The van der Waals surface area contributed by atoms with Crippen molar-refractivity contribution in [2.24, 2.45) is 4.99 Å². The topological polar surface area (TPSA) is 80.9 Å². The SMILES string of the molecule is Cc1cc(C(=O)Cc2cccc([C@]3(C)CCSC(NC(=O)OC(C)(C)C)=N3)c2)c(C)o1. The summed E-state index contributed by atoms with van der Waals surface area (Å²) in [7, 11) is 0. The second-order valence-corrected chi connectivity index (χ2v) is 10.1.